The summed E-state index contributed by atoms with van der Waals surface area (Å²) in [5, 5.41) is 3.13. The maximum atomic E-state index is 13.7. The molecule has 0 saturated carbocycles. The molecule has 0 bridgehead atoms. The normalized spacial score (nSPS) is 12.4. The van der Waals surface area contributed by atoms with E-state index in [9.17, 15) is 13.2 Å². The molecule has 0 aromatic heterocycles. The highest BCUT2D eigenvalue weighted by molar-refractivity contribution is 6.30. The van der Waals surface area contributed by atoms with Crippen LogP contribution in [0.15, 0.2) is 36.4 Å². The second-order valence-electron chi connectivity index (χ2n) is 4.88. The minimum atomic E-state index is -0.600. The third kappa shape index (κ3) is 4.22. The van der Waals surface area contributed by atoms with Crippen LogP contribution in [-0.4, -0.2) is 13.1 Å². The van der Waals surface area contributed by atoms with Crippen molar-refractivity contribution in [2.75, 3.05) is 7.05 Å². The minimum Gasteiger partial charge on any atom is -0.316 e. The zero-order valence-corrected chi connectivity index (χ0v) is 12.2. The molecule has 1 atom stereocenters. The first-order chi connectivity index (χ1) is 9.99. The van der Waals surface area contributed by atoms with E-state index in [2.05, 4.69) is 5.32 Å². The van der Waals surface area contributed by atoms with Gasteiger partial charge in [-0.15, -0.1) is 0 Å². The van der Waals surface area contributed by atoms with E-state index in [1.54, 1.807) is 13.1 Å². The molecule has 5 heteroatoms. The Hall–Kier alpha value is -1.52. The first-order valence-corrected chi connectivity index (χ1v) is 6.92. The lowest BCUT2D eigenvalue weighted by molar-refractivity contribution is 0.523. The quantitative estimate of drug-likeness (QED) is 0.875. The van der Waals surface area contributed by atoms with Crippen LogP contribution in [0.5, 0.6) is 0 Å². The van der Waals surface area contributed by atoms with Gasteiger partial charge in [0.2, 0.25) is 0 Å². The molecule has 0 aliphatic heterocycles. The Bertz CT molecular complexity index is 631. The Morgan fingerprint density at radius 3 is 2.38 bits per heavy atom. The minimum absolute atomic E-state index is 0.0735. The molecule has 1 unspecified atom stereocenters. The lowest BCUT2D eigenvalue weighted by Crippen LogP contribution is -2.30. The molecule has 0 amide bonds. The van der Waals surface area contributed by atoms with Crippen LogP contribution in [0.2, 0.25) is 5.02 Å². The van der Waals surface area contributed by atoms with Crippen LogP contribution in [-0.2, 0) is 12.8 Å². The van der Waals surface area contributed by atoms with E-state index >= 15 is 0 Å². The SMILES string of the molecule is CNC(Cc1ccc(Cl)c(F)c1)Cc1ccc(F)cc1F. The van der Waals surface area contributed by atoms with E-state index in [0.717, 1.165) is 11.6 Å². The summed E-state index contributed by atoms with van der Waals surface area (Å²) >= 11 is 5.64. The van der Waals surface area contributed by atoms with Gasteiger partial charge >= 0.3 is 0 Å². The van der Waals surface area contributed by atoms with Crippen LogP contribution < -0.4 is 5.32 Å². The van der Waals surface area contributed by atoms with Crippen molar-refractivity contribution in [3.8, 4) is 0 Å². The highest BCUT2D eigenvalue weighted by atomic mass is 35.5. The number of halogens is 4. The predicted molar refractivity (Wildman–Crippen MR) is 78.0 cm³/mol. The van der Waals surface area contributed by atoms with E-state index in [1.807, 2.05) is 0 Å². The van der Waals surface area contributed by atoms with E-state index in [0.29, 0.717) is 18.4 Å². The largest absolute Gasteiger partial charge is 0.316 e. The third-order valence-electron chi connectivity index (χ3n) is 3.36. The second-order valence-corrected chi connectivity index (χ2v) is 5.29. The summed E-state index contributed by atoms with van der Waals surface area (Å²) in [6, 6.07) is 8.03. The van der Waals surface area contributed by atoms with Crippen molar-refractivity contribution in [2.24, 2.45) is 0 Å². The van der Waals surface area contributed by atoms with Gasteiger partial charge in [-0.3, -0.25) is 0 Å². The number of rotatable bonds is 5. The first kappa shape index (κ1) is 15.9. The molecular weight excluding hydrogens is 299 g/mol. The molecule has 1 nitrogen and oxygen atoms in total. The van der Waals surface area contributed by atoms with Crippen molar-refractivity contribution in [2.45, 2.75) is 18.9 Å². The molecule has 2 aromatic rings. The molecule has 112 valence electrons. The van der Waals surface area contributed by atoms with Crippen LogP contribution in [0.3, 0.4) is 0 Å². The molecule has 0 saturated heterocycles. The lowest BCUT2D eigenvalue weighted by Gasteiger charge is -2.17. The monoisotopic (exact) mass is 313 g/mol. The van der Waals surface area contributed by atoms with Crippen LogP contribution >= 0.6 is 11.6 Å². The maximum absolute atomic E-state index is 13.7. The average molecular weight is 314 g/mol. The molecule has 0 aliphatic carbocycles. The summed E-state index contributed by atoms with van der Waals surface area (Å²) in [5.74, 6) is -1.65. The molecule has 0 fully saturated rings. The van der Waals surface area contributed by atoms with Crippen molar-refractivity contribution in [1.29, 1.82) is 0 Å². The Morgan fingerprint density at radius 1 is 1.00 bits per heavy atom. The maximum Gasteiger partial charge on any atom is 0.142 e. The van der Waals surface area contributed by atoms with Crippen molar-refractivity contribution < 1.29 is 13.2 Å². The van der Waals surface area contributed by atoms with Gasteiger partial charge in [0.25, 0.3) is 0 Å². The molecule has 1 N–H and O–H groups in total. The van der Waals surface area contributed by atoms with Crippen molar-refractivity contribution in [3.05, 3.63) is 70.0 Å². The summed E-state index contributed by atoms with van der Waals surface area (Å²) in [5.41, 5.74) is 1.18. The number of hydrogen-bond donors (Lipinski definition) is 1. The number of likely N-dealkylation sites (N-methyl/N-ethyl adjacent to an activating group) is 1. The van der Waals surface area contributed by atoms with Gasteiger partial charge in [-0.2, -0.15) is 0 Å². The fourth-order valence-corrected chi connectivity index (χ4v) is 2.30. The molecule has 21 heavy (non-hydrogen) atoms. The zero-order chi connectivity index (χ0) is 15.4. The van der Waals surface area contributed by atoms with Crippen LogP contribution in [0.4, 0.5) is 13.2 Å². The van der Waals surface area contributed by atoms with E-state index in [-0.39, 0.29) is 11.1 Å². The number of nitrogens with one attached hydrogen (secondary N) is 1. The zero-order valence-electron chi connectivity index (χ0n) is 11.5. The average Bonchev–Trinajstić information content (AvgIpc) is 2.44. The van der Waals surface area contributed by atoms with Crippen LogP contribution in [0, 0.1) is 17.5 Å². The summed E-state index contributed by atoms with van der Waals surface area (Å²) in [6.45, 7) is 0. The molecule has 0 heterocycles. The molecule has 0 aliphatic rings. The molecule has 2 aromatic carbocycles. The molecule has 0 spiro atoms. The van der Waals surface area contributed by atoms with E-state index < -0.39 is 17.5 Å². The summed E-state index contributed by atoms with van der Waals surface area (Å²) in [6.07, 6.45) is 0.897. The fourth-order valence-electron chi connectivity index (χ4n) is 2.18. The van der Waals surface area contributed by atoms with Gasteiger partial charge in [0.15, 0.2) is 0 Å². The van der Waals surface area contributed by atoms with E-state index in [4.69, 9.17) is 11.6 Å². The van der Waals surface area contributed by atoms with Gasteiger partial charge in [0, 0.05) is 12.1 Å². The van der Waals surface area contributed by atoms with Gasteiger partial charge in [0.05, 0.1) is 5.02 Å². The summed E-state index contributed by atoms with van der Waals surface area (Å²) < 4.78 is 40.0. The third-order valence-corrected chi connectivity index (χ3v) is 3.66. The number of benzene rings is 2. The fraction of sp³-hybridized carbons (Fsp3) is 0.250. The Balaban J connectivity index is 2.10. The van der Waals surface area contributed by atoms with Crippen molar-refractivity contribution in [3.63, 3.8) is 0 Å². The lowest BCUT2D eigenvalue weighted by atomic mass is 9.98. The van der Waals surface area contributed by atoms with Crippen molar-refractivity contribution >= 4 is 11.6 Å². The van der Waals surface area contributed by atoms with Gasteiger partial charge in [-0.25, -0.2) is 13.2 Å². The van der Waals surface area contributed by atoms with Gasteiger partial charge in [0.1, 0.15) is 17.5 Å². The van der Waals surface area contributed by atoms with Crippen LogP contribution in [0.25, 0.3) is 0 Å². The highest BCUT2D eigenvalue weighted by Crippen LogP contribution is 2.18. The highest BCUT2D eigenvalue weighted by Gasteiger charge is 2.13. The Labute approximate surface area is 126 Å². The van der Waals surface area contributed by atoms with Gasteiger partial charge < -0.3 is 5.32 Å². The predicted octanol–water partition coefficient (Wildman–Crippen LogP) is 4.13. The number of hydrogen-bond acceptors (Lipinski definition) is 1. The molecule has 0 radical (unpaired) electrons. The smallest absolute Gasteiger partial charge is 0.142 e. The van der Waals surface area contributed by atoms with Crippen LogP contribution in [0.1, 0.15) is 11.1 Å². The standard InChI is InChI=1S/C16H15ClF3N/c1-21-13(6-10-2-5-14(17)16(20)7-10)8-11-3-4-12(18)9-15(11)19/h2-5,7,9,13,21H,6,8H2,1H3. The topological polar surface area (TPSA) is 12.0 Å². The Kier molecular flexibility index (Phi) is 5.26. The summed E-state index contributed by atoms with van der Waals surface area (Å²) in [7, 11) is 1.75. The van der Waals surface area contributed by atoms with Gasteiger partial charge in [-0.1, -0.05) is 23.7 Å². The second kappa shape index (κ2) is 6.96. The molecule has 2 rings (SSSR count). The summed E-state index contributed by atoms with van der Waals surface area (Å²) in [4.78, 5) is 0. The van der Waals surface area contributed by atoms with E-state index in [1.165, 1.54) is 24.3 Å². The molecular formula is C16H15ClF3N. The van der Waals surface area contributed by atoms with Crippen molar-refractivity contribution in [1.82, 2.24) is 5.32 Å². The van der Waals surface area contributed by atoms with Gasteiger partial charge in [-0.05, 0) is 49.2 Å². The first-order valence-electron chi connectivity index (χ1n) is 6.54. The Morgan fingerprint density at radius 2 is 1.76 bits per heavy atom.